The third kappa shape index (κ3) is 16.1. The minimum atomic E-state index is -0.717. The number of likely N-dealkylation sites (tertiary alicyclic amines) is 1. The molecule has 1 N–H and O–H groups in total. The van der Waals surface area contributed by atoms with E-state index in [1.807, 2.05) is 67.6 Å². The number of hydrogen-bond donors (Lipinski definition) is 1. The molecule has 15 heteroatoms. The minimum Gasteiger partial charge on any atom is -0.491 e. The number of methoxy groups -OCH3 is 1. The number of aromatic nitrogens is 1. The Morgan fingerprint density at radius 3 is 2.12 bits per heavy atom. The number of carbonyl (C=O) groups excluding carboxylic acids is 4. The summed E-state index contributed by atoms with van der Waals surface area (Å²) in [5.74, 6) is 0.168. The number of pyridine rings is 1. The van der Waals surface area contributed by atoms with Gasteiger partial charge < -0.3 is 43.4 Å². The fraction of sp³-hybridized carbons (Fsp3) is 0.510. The van der Waals surface area contributed by atoms with Crippen LogP contribution in [0, 0.1) is 6.92 Å². The van der Waals surface area contributed by atoms with E-state index in [1.165, 1.54) is 12.0 Å². The van der Waals surface area contributed by atoms with Crippen molar-refractivity contribution in [3.63, 3.8) is 0 Å². The lowest BCUT2D eigenvalue weighted by molar-refractivity contribution is -0.142. The third-order valence-electron chi connectivity index (χ3n) is 10.8. The van der Waals surface area contributed by atoms with Crippen LogP contribution < -0.4 is 15.0 Å². The van der Waals surface area contributed by atoms with Gasteiger partial charge in [0.2, 0.25) is 11.8 Å². The van der Waals surface area contributed by atoms with E-state index >= 15 is 0 Å². The van der Waals surface area contributed by atoms with Crippen LogP contribution in [0.1, 0.15) is 83.4 Å². The second kappa shape index (κ2) is 26.5. The number of fused-ring (bicyclic) bond motifs is 1. The molecule has 3 amide bonds. The summed E-state index contributed by atoms with van der Waals surface area (Å²) in [4.78, 5) is 60.9. The van der Waals surface area contributed by atoms with Gasteiger partial charge in [-0.15, -0.1) is 0 Å². The van der Waals surface area contributed by atoms with Gasteiger partial charge in [0.25, 0.3) is 0 Å². The molecule has 1 fully saturated rings. The number of carbonyl (C=O) groups is 4. The maximum Gasteiger partial charge on any atom is 0.416 e. The third-order valence-corrected chi connectivity index (χ3v) is 10.8. The first-order chi connectivity index (χ1) is 31.9. The molecule has 2 atom stereocenters. The molecule has 0 unspecified atom stereocenters. The summed E-state index contributed by atoms with van der Waals surface area (Å²) < 4.78 is 39.0. The molecule has 0 radical (unpaired) electrons. The minimum absolute atomic E-state index is 0.0914. The molecule has 358 valence electrons. The molecule has 0 saturated carbocycles. The number of rotatable bonds is 26. The molecule has 0 bridgehead atoms. The zero-order valence-electron chi connectivity index (χ0n) is 39.5. The average molecular weight is 913 g/mol. The SMILES string of the molecule is CCCOCCOCCOCCOCCOc1ccc(-c2ccc([C@H](CC(=O)OC)NC(=O)[C@H]3CCCN3C(=O)CCCN(C(=O)OC(C)(C)C)c3cc(C)ccn3)cc2)c2ccccc12. The fourth-order valence-corrected chi connectivity index (χ4v) is 7.58. The lowest BCUT2D eigenvalue weighted by atomic mass is 9.95. The molecule has 66 heavy (non-hydrogen) atoms. The van der Waals surface area contributed by atoms with Gasteiger partial charge in [0, 0.05) is 37.7 Å². The highest BCUT2D eigenvalue weighted by Crippen LogP contribution is 2.35. The normalized spacial score (nSPS) is 14.2. The molecule has 1 aromatic heterocycles. The molecule has 3 aromatic carbocycles. The highest BCUT2D eigenvalue weighted by molar-refractivity contribution is 6.00. The number of nitrogens with one attached hydrogen (secondary N) is 1. The van der Waals surface area contributed by atoms with Crippen LogP contribution in [0.3, 0.4) is 0 Å². The topological polar surface area (TPSA) is 164 Å². The predicted octanol–water partition coefficient (Wildman–Crippen LogP) is 8.00. The number of ether oxygens (including phenoxy) is 7. The largest absolute Gasteiger partial charge is 0.491 e. The van der Waals surface area contributed by atoms with E-state index in [0.717, 1.165) is 51.8 Å². The molecule has 0 spiro atoms. The Bertz CT molecular complexity index is 2160. The average Bonchev–Trinajstić information content (AvgIpc) is 3.80. The molecule has 4 aromatic rings. The van der Waals surface area contributed by atoms with E-state index in [9.17, 15) is 19.2 Å². The van der Waals surface area contributed by atoms with Gasteiger partial charge >= 0.3 is 12.1 Å². The highest BCUT2D eigenvalue weighted by Gasteiger charge is 2.35. The van der Waals surface area contributed by atoms with Crippen LogP contribution in [0.4, 0.5) is 10.6 Å². The van der Waals surface area contributed by atoms with E-state index < -0.39 is 29.7 Å². The Labute approximate surface area is 389 Å². The maximum absolute atomic E-state index is 14.0. The van der Waals surface area contributed by atoms with E-state index in [-0.39, 0.29) is 31.2 Å². The van der Waals surface area contributed by atoms with Crippen molar-refractivity contribution in [2.75, 3.05) is 84.6 Å². The quantitative estimate of drug-likeness (QED) is 0.0478. The summed E-state index contributed by atoms with van der Waals surface area (Å²) in [5.41, 5.74) is 2.87. The lowest BCUT2D eigenvalue weighted by Crippen LogP contribution is -2.47. The molecular weight excluding hydrogens is 845 g/mol. The molecule has 5 rings (SSSR count). The van der Waals surface area contributed by atoms with E-state index in [1.54, 1.807) is 37.9 Å². The van der Waals surface area contributed by atoms with Crippen molar-refractivity contribution in [1.82, 2.24) is 15.2 Å². The van der Waals surface area contributed by atoms with Crippen LogP contribution >= 0.6 is 0 Å². The van der Waals surface area contributed by atoms with Crippen LogP contribution in [-0.4, -0.2) is 125 Å². The van der Waals surface area contributed by atoms with Gasteiger partial charge in [0.15, 0.2) is 0 Å². The van der Waals surface area contributed by atoms with Gasteiger partial charge in [0.1, 0.15) is 29.8 Å². The standard InChI is InChI=1S/C51H68N4O11/c1-7-26-61-27-28-62-29-30-63-31-32-64-33-34-65-45-21-20-40(41-12-8-9-13-42(41)45)38-16-18-39(19-17-38)43(36-48(57)60-6)53-49(58)44-14-10-24-54(44)47(56)15-11-25-55(50(59)66-51(3,4)5)46-35-37(2)22-23-52-46/h8-9,12-13,16-23,35,43-44H,7,10-11,14-15,24-34,36H2,1-6H3,(H,53,58)/t43-,44+/m0/s1. The van der Waals surface area contributed by atoms with E-state index in [4.69, 9.17) is 33.2 Å². The van der Waals surface area contributed by atoms with E-state index in [0.29, 0.717) is 84.5 Å². The molecule has 1 aliphatic rings. The molecule has 2 heterocycles. The molecule has 15 nitrogen and oxygen atoms in total. The van der Waals surface area contributed by atoms with Gasteiger partial charge in [0.05, 0.1) is 65.8 Å². The number of hydrogen-bond acceptors (Lipinski definition) is 12. The molecular formula is C51H68N4O11. The van der Waals surface area contributed by atoms with Gasteiger partial charge in [-0.05, 0) is 99.2 Å². The van der Waals surface area contributed by atoms with Crippen LogP contribution in [0.5, 0.6) is 5.75 Å². The van der Waals surface area contributed by atoms with Crippen molar-refractivity contribution >= 4 is 40.5 Å². The summed E-state index contributed by atoms with van der Waals surface area (Å²) in [5, 5.41) is 5.02. The molecule has 1 saturated heterocycles. The predicted molar refractivity (Wildman–Crippen MR) is 252 cm³/mol. The first kappa shape index (κ1) is 51.4. The Morgan fingerprint density at radius 1 is 0.833 bits per heavy atom. The number of esters is 1. The van der Waals surface area contributed by atoms with Gasteiger partial charge in [-0.3, -0.25) is 19.3 Å². The van der Waals surface area contributed by atoms with Crippen molar-refractivity contribution in [1.29, 1.82) is 0 Å². The van der Waals surface area contributed by atoms with Crippen molar-refractivity contribution in [3.05, 3.63) is 90.1 Å². The Hall–Kier alpha value is -5.61. The Balaban J connectivity index is 1.16. The fourth-order valence-electron chi connectivity index (χ4n) is 7.58. The molecule has 0 aliphatic carbocycles. The number of amides is 3. The Morgan fingerprint density at radius 2 is 1.48 bits per heavy atom. The van der Waals surface area contributed by atoms with Gasteiger partial charge in [-0.25, -0.2) is 9.78 Å². The Kier molecular flexibility index (Phi) is 20.6. The van der Waals surface area contributed by atoms with Crippen molar-refractivity contribution in [2.45, 2.75) is 90.8 Å². The smallest absolute Gasteiger partial charge is 0.416 e. The van der Waals surface area contributed by atoms with Gasteiger partial charge in [-0.2, -0.15) is 0 Å². The van der Waals surface area contributed by atoms with Crippen molar-refractivity contribution in [2.24, 2.45) is 0 Å². The zero-order valence-corrected chi connectivity index (χ0v) is 39.5. The van der Waals surface area contributed by atoms with Crippen LogP contribution in [0.15, 0.2) is 79.0 Å². The van der Waals surface area contributed by atoms with Gasteiger partial charge in [-0.1, -0.05) is 61.5 Å². The van der Waals surface area contributed by atoms with Crippen LogP contribution in [0.25, 0.3) is 21.9 Å². The number of nitrogens with zero attached hydrogens (tertiary/aromatic N) is 3. The summed E-state index contributed by atoms with van der Waals surface area (Å²) >= 11 is 0. The maximum atomic E-state index is 14.0. The van der Waals surface area contributed by atoms with E-state index in [2.05, 4.69) is 23.3 Å². The molecule has 1 aliphatic heterocycles. The first-order valence-corrected chi connectivity index (χ1v) is 23.0. The van der Waals surface area contributed by atoms with Crippen LogP contribution in [0.2, 0.25) is 0 Å². The van der Waals surface area contributed by atoms with Crippen molar-refractivity contribution < 1.29 is 52.3 Å². The first-order valence-electron chi connectivity index (χ1n) is 23.0. The summed E-state index contributed by atoms with van der Waals surface area (Å²) in [7, 11) is 1.31. The summed E-state index contributed by atoms with van der Waals surface area (Å²) in [6.07, 6.45) is 3.57. The second-order valence-corrected chi connectivity index (χ2v) is 17.1. The summed E-state index contributed by atoms with van der Waals surface area (Å²) in [6, 6.07) is 22.0. The highest BCUT2D eigenvalue weighted by atomic mass is 16.6. The second-order valence-electron chi connectivity index (χ2n) is 17.1. The van der Waals surface area contributed by atoms with Crippen molar-refractivity contribution in [3.8, 4) is 16.9 Å². The summed E-state index contributed by atoms with van der Waals surface area (Å²) in [6.45, 7) is 14.6. The monoisotopic (exact) mass is 912 g/mol. The number of aryl methyl sites for hydroxylation is 1. The number of anilines is 1. The zero-order chi connectivity index (χ0) is 47.3. The lowest BCUT2D eigenvalue weighted by Gasteiger charge is -2.28. The van der Waals surface area contributed by atoms with Crippen LogP contribution in [-0.2, 0) is 42.8 Å². The number of benzene rings is 3.